The number of hydrogen-bond donors (Lipinski definition) is 0. The minimum Gasteiger partial charge on any atom is -0.494 e. The molecule has 0 amide bonds. The van der Waals surface area contributed by atoms with E-state index in [9.17, 15) is 0 Å². The molecule has 19 heavy (non-hydrogen) atoms. The van der Waals surface area contributed by atoms with Gasteiger partial charge in [0.25, 0.3) is 0 Å². The van der Waals surface area contributed by atoms with Crippen molar-refractivity contribution in [2.24, 2.45) is 0 Å². The van der Waals surface area contributed by atoms with Gasteiger partial charge < -0.3 is 9.47 Å². The first kappa shape index (κ1) is 13.9. The summed E-state index contributed by atoms with van der Waals surface area (Å²) in [5.41, 5.74) is 1.19. The average molecular weight is 321 g/mol. The highest BCUT2D eigenvalue weighted by molar-refractivity contribution is 9.09. The minimum atomic E-state index is 0.726. The molecule has 0 aromatic heterocycles. The highest BCUT2D eigenvalue weighted by atomic mass is 79.9. The molecule has 100 valence electrons. The van der Waals surface area contributed by atoms with Crippen LogP contribution in [0.15, 0.2) is 48.5 Å². The van der Waals surface area contributed by atoms with Crippen LogP contribution in [0.3, 0.4) is 0 Å². The number of rotatable bonds is 6. The van der Waals surface area contributed by atoms with Gasteiger partial charge in [-0.15, -0.1) is 0 Å². The van der Waals surface area contributed by atoms with E-state index in [0.29, 0.717) is 0 Å². The quantitative estimate of drug-likeness (QED) is 0.553. The van der Waals surface area contributed by atoms with Crippen molar-refractivity contribution in [2.45, 2.75) is 13.3 Å². The van der Waals surface area contributed by atoms with Crippen molar-refractivity contribution in [1.82, 2.24) is 0 Å². The predicted octanol–water partition coefficient (Wildman–Crippen LogP) is 4.95. The van der Waals surface area contributed by atoms with E-state index < -0.39 is 0 Å². The van der Waals surface area contributed by atoms with Gasteiger partial charge in [0, 0.05) is 5.33 Å². The van der Waals surface area contributed by atoms with Crippen LogP contribution in [0.25, 0.3) is 0 Å². The summed E-state index contributed by atoms with van der Waals surface area (Å²) < 4.78 is 11.4. The molecule has 0 N–H and O–H groups in total. The Kier molecular flexibility index (Phi) is 5.28. The van der Waals surface area contributed by atoms with Crippen LogP contribution >= 0.6 is 15.9 Å². The Labute approximate surface area is 122 Å². The molecule has 3 heteroatoms. The second-order valence-corrected chi connectivity index (χ2v) is 5.07. The van der Waals surface area contributed by atoms with Crippen molar-refractivity contribution in [2.75, 3.05) is 11.9 Å². The Bertz CT molecular complexity index is 508. The standard InChI is InChI=1S/C16H17BrO2/c1-13-4-2-5-16(12-13)19-15-8-6-14(7-9-15)18-11-3-10-17/h2,4-9,12H,3,10-11H2,1H3. The lowest BCUT2D eigenvalue weighted by Gasteiger charge is -2.08. The summed E-state index contributed by atoms with van der Waals surface area (Å²) in [7, 11) is 0. The van der Waals surface area contributed by atoms with E-state index in [1.54, 1.807) is 0 Å². The van der Waals surface area contributed by atoms with Gasteiger partial charge >= 0.3 is 0 Å². The number of benzene rings is 2. The van der Waals surface area contributed by atoms with Crippen LogP contribution in [0, 0.1) is 6.92 Å². The third-order valence-electron chi connectivity index (χ3n) is 2.60. The van der Waals surface area contributed by atoms with Gasteiger partial charge in [-0.1, -0.05) is 28.1 Å². The van der Waals surface area contributed by atoms with Gasteiger partial charge in [0.15, 0.2) is 0 Å². The minimum absolute atomic E-state index is 0.726. The molecule has 2 aromatic rings. The van der Waals surface area contributed by atoms with E-state index in [0.717, 1.165) is 35.6 Å². The molecule has 0 atom stereocenters. The van der Waals surface area contributed by atoms with Crippen LogP contribution in [0.2, 0.25) is 0 Å². The Morgan fingerprint density at radius 3 is 2.37 bits per heavy atom. The van der Waals surface area contributed by atoms with Crippen molar-refractivity contribution >= 4 is 15.9 Å². The van der Waals surface area contributed by atoms with Gasteiger partial charge in [-0.3, -0.25) is 0 Å². The molecule has 0 aliphatic rings. The van der Waals surface area contributed by atoms with Gasteiger partial charge in [-0.05, 0) is 55.3 Å². The highest BCUT2D eigenvalue weighted by Crippen LogP contribution is 2.24. The maximum Gasteiger partial charge on any atom is 0.127 e. The van der Waals surface area contributed by atoms with Gasteiger partial charge in [-0.25, -0.2) is 0 Å². The maximum absolute atomic E-state index is 5.78. The van der Waals surface area contributed by atoms with Crippen LogP contribution in [-0.4, -0.2) is 11.9 Å². The van der Waals surface area contributed by atoms with E-state index >= 15 is 0 Å². The zero-order chi connectivity index (χ0) is 13.5. The summed E-state index contributed by atoms with van der Waals surface area (Å²) in [6, 6.07) is 15.7. The normalized spacial score (nSPS) is 10.2. The van der Waals surface area contributed by atoms with E-state index in [2.05, 4.69) is 15.9 Å². The van der Waals surface area contributed by atoms with E-state index in [-0.39, 0.29) is 0 Å². The molecule has 0 fully saturated rings. The summed E-state index contributed by atoms with van der Waals surface area (Å²) in [5, 5.41) is 0.960. The van der Waals surface area contributed by atoms with Crippen molar-refractivity contribution in [3.8, 4) is 17.2 Å². The van der Waals surface area contributed by atoms with Crippen LogP contribution < -0.4 is 9.47 Å². The fraction of sp³-hybridized carbons (Fsp3) is 0.250. The lowest BCUT2D eigenvalue weighted by molar-refractivity contribution is 0.318. The zero-order valence-electron chi connectivity index (χ0n) is 10.9. The summed E-state index contributed by atoms with van der Waals surface area (Å²) in [5.74, 6) is 2.55. The SMILES string of the molecule is Cc1cccc(Oc2ccc(OCCCBr)cc2)c1. The lowest BCUT2D eigenvalue weighted by Crippen LogP contribution is -1.97. The van der Waals surface area contributed by atoms with Crippen LogP contribution in [0.4, 0.5) is 0 Å². The van der Waals surface area contributed by atoms with Crippen molar-refractivity contribution in [3.63, 3.8) is 0 Å². The molecular formula is C16H17BrO2. The fourth-order valence-electron chi connectivity index (χ4n) is 1.66. The summed E-state index contributed by atoms with van der Waals surface area (Å²) in [6.45, 7) is 2.77. The van der Waals surface area contributed by atoms with Crippen LogP contribution in [0.1, 0.15) is 12.0 Å². The molecule has 2 aromatic carbocycles. The number of alkyl halides is 1. The topological polar surface area (TPSA) is 18.5 Å². The van der Waals surface area contributed by atoms with Crippen molar-refractivity contribution in [1.29, 1.82) is 0 Å². The molecular weight excluding hydrogens is 304 g/mol. The number of aryl methyl sites for hydroxylation is 1. The zero-order valence-corrected chi connectivity index (χ0v) is 12.5. The summed E-state index contributed by atoms with van der Waals surface area (Å²) in [6.07, 6.45) is 1.00. The first-order valence-corrected chi connectivity index (χ1v) is 7.43. The predicted molar refractivity (Wildman–Crippen MR) is 81.6 cm³/mol. The maximum atomic E-state index is 5.78. The molecule has 2 rings (SSSR count). The van der Waals surface area contributed by atoms with Crippen LogP contribution in [-0.2, 0) is 0 Å². The molecule has 0 aliphatic carbocycles. The molecule has 0 heterocycles. The largest absolute Gasteiger partial charge is 0.494 e. The van der Waals surface area contributed by atoms with E-state index in [1.165, 1.54) is 5.56 Å². The van der Waals surface area contributed by atoms with E-state index in [4.69, 9.17) is 9.47 Å². The molecule has 0 saturated heterocycles. The number of halogens is 1. The highest BCUT2D eigenvalue weighted by Gasteiger charge is 1.99. The Hall–Kier alpha value is -1.48. The third-order valence-corrected chi connectivity index (χ3v) is 3.16. The smallest absolute Gasteiger partial charge is 0.127 e. The first-order valence-electron chi connectivity index (χ1n) is 6.31. The lowest BCUT2D eigenvalue weighted by atomic mass is 10.2. The van der Waals surface area contributed by atoms with Gasteiger partial charge in [0.2, 0.25) is 0 Å². The van der Waals surface area contributed by atoms with E-state index in [1.807, 2.05) is 55.5 Å². The fourth-order valence-corrected chi connectivity index (χ4v) is 1.89. The number of hydrogen-bond acceptors (Lipinski definition) is 2. The molecule has 0 saturated carbocycles. The molecule has 2 nitrogen and oxygen atoms in total. The Morgan fingerprint density at radius 1 is 0.947 bits per heavy atom. The first-order chi connectivity index (χ1) is 9.28. The second kappa shape index (κ2) is 7.19. The molecule has 0 radical (unpaired) electrons. The summed E-state index contributed by atoms with van der Waals surface area (Å²) >= 11 is 3.38. The monoisotopic (exact) mass is 320 g/mol. The van der Waals surface area contributed by atoms with Crippen molar-refractivity contribution in [3.05, 3.63) is 54.1 Å². The molecule has 0 aliphatic heterocycles. The van der Waals surface area contributed by atoms with Gasteiger partial charge in [0.05, 0.1) is 6.61 Å². The Morgan fingerprint density at radius 2 is 1.68 bits per heavy atom. The van der Waals surface area contributed by atoms with Crippen LogP contribution in [0.5, 0.6) is 17.2 Å². The summed E-state index contributed by atoms with van der Waals surface area (Å²) in [4.78, 5) is 0. The Balaban J connectivity index is 1.95. The molecule has 0 spiro atoms. The van der Waals surface area contributed by atoms with Crippen molar-refractivity contribution < 1.29 is 9.47 Å². The number of ether oxygens (including phenoxy) is 2. The molecule has 0 bridgehead atoms. The van der Waals surface area contributed by atoms with Gasteiger partial charge in [0.1, 0.15) is 17.2 Å². The average Bonchev–Trinajstić information content (AvgIpc) is 2.41. The van der Waals surface area contributed by atoms with Gasteiger partial charge in [-0.2, -0.15) is 0 Å². The molecule has 0 unspecified atom stereocenters. The third kappa shape index (κ3) is 4.60. The second-order valence-electron chi connectivity index (χ2n) is 4.28.